The lowest BCUT2D eigenvalue weighted by molar-refractivity contribution is 0.0624. The van der Waals surface area contributed by atoms with Crippen LogP contribution >= 0.6 is 0 Å². The highest BCUT2D eigenvalue weighted by atomic mass is 19.1. The lowest BCUT2D eigenvalue weighted by atomic mass is 10.1. The molecule has 6 nitrogen and oxygen atoms in total. The maximum atomic E-state index is 13.3. The molecule has 1 amide bonds. The van der Waals surface area contributed by atoms with Gasteiger partial charge in [0.2, 0.25) is 0 Å². The Labute approximate surface area is 180 Å². The monoisotopic (exact) mass is 420 g/mol. The van der Waals surface area contributed by atoms with Crippen LogP contribution in [0.5, 0.6) is 0 Å². The number of rotatable bonds is 5. The molecule has 0 bridgehead atoms. The number of aromatic nitrogens is 2. The Morgan fingerprint density at radius 3 is 2.39 bits per heavy atom. The summed E-state index contributed by atoms with van der Waals surface area (Å²) in [6, 6.07) is 11.7. The van der Waals surface area contributed by atoms with Gasteiger partial charge in [-0.05, 0) is 56.3 Å². The minimum Gasteiger partial charge on any atom is -0.336 e. The molecule has 1 aromatic carbocycles. The molecule has 0 saturated carbocycles. The maximum Gasteiger partial charge on any atom is 0.255 e. The number of hydrogen-bond acceptors (Lipinski definition) is 4. The first-order valence-corrected chi connectivity index (χ1v) is 10.3. The molecule has 0 unspecified atom stereocenters. The van der Waals surface area contributed by atoms with E-state index in [9.17, 15) is 14.0 Å². The Kier molecular flexibility index (Phi) is 5.95. The summed E-state index contributed by atoms with van der Waals surface area (Å²) in [5.41, 5.74) is 3.87. The predicted molar refractivity (Wildman–Crippen MR) is 116 cm³/mol. The number of halogens is 1. The second-order valence-electron chi connectivity index (χ2n) is 7.83. The first kappa shape index (κ1) is 20.9. The van der Waals surface area contributed by atoms with E-state index in [1.807, 2.05) is 24.5 Å². The highest BCUT2D eigenvalue weighted by Crippen LogP contribution is 2.22. The summed E-state index contributed by atoms with van der Waals surface area (Å²) in [5, 5.41) is 0. The molecule has 3 aromatic rings. The quantitative estimate of drug-likeness (QED) is 0.595. The number of hydrogen-bond donors (Lipinski definition) is 0. The fourth-order valence-corrected chi connectivity index (χ4v) is 4.10. The summed E-state index contributed by atoms with van der Waals surface area (Å²) in [6.07, 6.45) is 3.22. The van der Waals surface area contributed by atoms with Gasteiger partial charge in [-0.3, -0.25) is 19.5 Å². The van der Waals surface area contributed by atoms with Gasteiger partial charge in [0.15, 0.2) is 5.78 Å². The highest BCUT2D eigenvalue weighted by molar-refractivity contribution is 5.99. The molecular formula is C24H25FN4O2. The average Bonchev–Trinajstić information content (AvgIpc) is 3.09. The van der Waals surface area contributed by atoms with Gasteiger partial charge >= 0.3 is 0 Å². The van der Waals surface area contributed by atoms with Crippen LogP contribution in [0.4, 0.5) is 4.39 Å². The van der Waals surface area contributed by atoms with Gasteiger partial charge in [-0.1, -0.05) is 0 Å². The Balaban J connectivity index is 1.40. The molecule has 3 heterocycles. The number of Topliss-reactive ketones (excluding diaryl/α,β-unsaturated/α-hetero) is 1. The van der Waals surface area contributed by atoms with Crippen LogP contribution in [0.15, 0.2) is 54.9 Å². The topological polar surface area (TPSA) is 58.4 Å². The largest absolute Gasteiger partial charge is 0.336 e. The molecule has 2 aromatic heterocycles. The van der Waals surface area contributed by atoms with Crippen molar-refractivity contribution >= 4 is 11.7 Å². The first-order chi connectivity index (χ1) is 14.9. The van der Waals surface area contributed by atoms with E-state index in [2.05, 4.69) is 9.88 Å². The van der Waals surface area contributed by atoms with Crippen molar-refractivity contribution in [2.24, 2.45) is 0 Å². The molecule has 1 aliphatic heterocycles. The fourth-order valence-electron chi connectivity index (χ4n) is 4.10. The summed E-state index contributed by atoms with van der Waals surface area (Å²) >= 11 is 0. The van der Waals surface area contributed by atoms with E-state index in [1.165, 1.54) is 12.1 Å². The minimum absolute atomic E-state index is 0.0260. The molecule has 0 atom stereocenters. The molecular weight excluding hydrogens is 395 g/mol. The Hall–Kier alpha value is -3.32. The molecule has 1 fully saturated rings. The van der Waals surface area contributed by atoms with E-state index < -0.39 is 0 Å². The zero-order valence-corrected chi connectivity index (χ0v) is 17.7. The van der Waals surface area contributed by atoms with E-state index >= 15 is 0 Å². The van der Waals surface area contributed by atoms with Gasteiger partial charge in [-0.2, -0.15) is 0 Å². The molecule has 1 aliphatic rings. The van der Waals surface area contributed by atoms with Crippen LogP contribution in [0.3, 0.4) is 0 Å². The van der Waals surface area contributed by atoms with Crippen LogP contribution in [0.25, 0.3) is 5.69 Å². The molecule has 0 aliphatic carbocycles. The van der Waals surface area contributed by atoms with Crippen LogP contribution in [0.1, 0.15) is 32.1 Å². The van der Waals surface area contributed by atoms with Crippen LogP contribution in [-0.2, 0) is 0 Å². The lowest BCUT2D eigenvalue weighted by Crippen LogP contribution is -2.49. The number of nitrogens with zero attached hydrogens (tertiary/aromatic N) is 4. The van der Waals surface area contributed by atoms with Crippen LogP contribution in [0.2, 0.25) is 0 Å². The summed E-state index contributed by atoms with van der Waals surface area (Å²) in [7, 11) is 0. The zero-order valence-electron chi connectivity index (χ0n) is 17.7. The Morgan fingerprint density at radius 1 is 1.03 bits per heavy atom. The molecule has 4 rings (SSSR count). The second kappa shape index (κ2) is 8.81. The van der Waals surface area contributed by atoms with E-state index in [0.717, 1.165) is 17.1 Å². The molecule has 0 spiro atoms. The van der Waals surface area contributed by atoms with E-state index in [-0.39, 0.29) is 17.5 Å². The number of piperazine rings is 1. The number of aryl methyl sites for hydroxylation is 1. The van der Waals surface area contributed by atoms with Crippen LogP contribution in [-0.4, -0.2) is 63.8 Å². The summed E-state index contributed by atoms with van der Waals surface area (Å²) < 4.78 is 15.2. The lowest BCUT2D eigenvalue weighted by Gasteiger charge is -2.34. The van der Waals surface area contributed by atoms with Crippen molar-refractivity contribution in [1.29, 1.82) is 0 Å². The SMILES string of the molecule is Cc1cc(C(=O)CN2CCN(C(=O)c3cccnc3)CC2)c(C)n1-c1ccc(F)cc1. The molecule has 7 heteroatoms. The van der Waals surface area contributed by atoms with Crippen molar-refractivity contribution < 1.29 is 14.0 Å². The van der Waals surface area contributed by atoms with Crippen LogP contribution in [0, 0.1) is 19.7 Å². The Morgan fingerprint density at radius 2 is 1.74 bits per heavy atom. The van der Waals surface area contributed by atoms with Crippen molar-refractivity contribution in [3.8, 4) is 5.69 Å². The van der Waals surface area contributed by atoms with Crippen molar-refractivity contribution in [3.05, 3.63) is 83.2 Å². The number of carbonyl (C=O) groups excluding carboxylic acids is 2. The first-order valence-electron chi connectivity index (χ1n) is 10.3. The fraction of sp³-hybridized carbons (Fsp3) is 0.292. The van der Waals surface area contributed by atoms with Gasteiger partial charge in [0.1, 0.15) is 5.82 Å². The van der Waals surface area contributed by atoms with Crippen molar-refractivity contribution in [2.75, 3.05) is 32.7 Å². The van der Waals surface area contributed by atoms with Gasteiger partial charge in [0.25, 0.3) is 5.91 Å². The molecule has 0 N–H and O–H groups in total. The normalized spacial score (nSPS) is 14.6. The number of ketones is 1. The number of amides is 1. The van der Waals surface area contributed by atoms with Gasteiger partial charge in [0, 0.05) is 61.2 Å². The average molecular weight is 420 g/mol. The summed E-state index contributed by atoms with van der Waals surface area (Å²) in [4.78, 5) is 33.5. The molecule has 160 valence electrons. The maximum absolute atomic E-state index is 13.3. The van der Waals surface area contributed by atoms with Gasteiger partial charge in [-0.25, -0.2) is 4.39 Å². The van der Waals surface area contributed by atoms with E-state index in [0.29, 0.717) is 43.9 Å². The summed E-state index contributed by atoms with van der Waals surface area (Å²) in [5.74, 6) is -0.265. The molecule has 0 radical (unpaired) electrons. The van der Waals surface area contributed by atoms with Crippen molar-refractivity contribution in [2.45, 2.75) is 13.8 Å². The van der Waals surface area contributed by atoms with Crippen molar-refractivity contribution in [3.63, 3.8) is 0 Å². The van der Waals surface area contributed by atoms with Gasteiger partial charge < -0.3 is 9.47 Å². The minimum atomic E-state index is -0.288. The highest BCUT2D eigenvalue weighted by Gasteiger charge is 2.25. The van der Waals surface area contributed by atoms with E-state index in [1.54, 1.807) is 41.6 Å². The third-order valence-electron chi connectivity index (χ3n) is 5.75. The van der Waals surface area contributed by atoms with Crippen molar-refractivity contribution in [1.82, 2.24) is 19.4 Å². The predicted octanol–water partition coefficient (Wildman–Crippen LogP) is 3.27. The van der Waals surface area contributed by atoms with E-state index in [4.69, 9.17) is 0 Å². The summed E-state index contributed by atoms with van der Waals surface area (Å²) in [6.45, 7) is 6.61. The smallest absolute Gasteiger partial charge is 0.255 e. The molecule has 31 heavy (non-hydrogen) atoms. The zero-order chi connectivity index (χ0) is 22.0. The third-order valence-corrected chi connectivity index (χ3v) is 5.75. The molecule has 1 saturated heterocycles. The van der Waals surface area contributed by atoms with Gasteiger partial charge in [0.05, 0.1) is 12.1 Å². The standard InChI is InChI=1S/C24H25FN4O2/c1-17-14-22(18(2)29(17)21-7-5-20(25)6-8-21)23(30)16-27-10-12-28(13-11-27)24(31)19-4-3-9-26-15-19/h3-9,14-15H,10-13,16H2,1-2H3. The van der Waals surface area contributed by atoms with Crippen LogP contribution < -0.4 is 0 Å². The number of pyridine rings is 1. The number of benzene rings is 1. The van der Waals surface area contributed by atoms with Gasteiger partial charge in [-0.15, -0.1) is 0 Å². The Bertz CT molecular complexity index is 1080. The number of carbonyl (C=O) groups is 2. The third kappa shape index (κ3) is 4.41. The second-order valence-corrected chi connectivity index (χ2v) is 7.83.